The van der Waals surface area contributed by atoms with Crippen LogP contribution in [0.2, 0.25) is 0 Å². The van der Waals surface area contributed by atoms with Gasteiger partial charge in [0.05, 0.1) is 0 Å². The number of aryl methyl sites for hydroxylation is 1. The first kappa shape index (κ1) is 11.5. The van der Waals surface area contributed by atoms with Gasteiger partial charge in [0.15, 0.2) is 0 Å². The Morgan fingerprint density at radius 1 is 1.47 bits per heavy atom. The molecule has 0 bridgehead atoms. The summed E-state index contributed by atoms with van der Waals surface area (Å²) >= 11 is 0. The topological polar surface area (TPSA) is 81.1 Å². The molecule has 0 aliphatic heterocycles. The molecule has 0 heterocycles. The average molecular weight is 207 g/mol. The van der Waals surface area contributed by atoms with Crippen LogP contribution in [0.3, 0.4) is 0 Å². The van der Waals surface area contributed by atoms with Crippen LogP contribution in [0.25, 0.3) is 0 Å². The van der Waals surface area contributed by atoms with Crippen molar-refractivity contribution in [3.8, 4) is 0 Å². The number of nitrogens with one attached hydrogen (secondary N) is 1. The summed E-state index contributed by atoms with van der Waals surface area (Å²) in [7, 11) is 0. The van der Waals surface area contributed by atoms with Crippen LogP contribution in [0.1, 0.15) is 12.5 Å². The van der Waals surface area contributed by atoms with Crippen molar-refractivity contribution in [2.45, 2.75) is 19.4 Å². The molecule has 0 radical (unpaired) electrons. The number of nitrogens with two attached hydrogens (primary N) is 2. The first-order chi connectivity index (χ1) is 7.15. The van der Waals surface area contributed by atoms with E-state index in [4.69, 9.17) is 11.5 Å². The normalized spacial score (nSPS) is 12.1. The maximum atomic E-state index is 10.7. The van der Waals surface area contributed by atoms with Gasteiger partial charge >= 0.3 is 0 Å². The Balaban J connectivity index is 2.60. The molecule has 4 heteroatoms. The Morgan fingerprint density at radius 2 is 2.13 bits per heavy atom. The summed E-state index contributed by atoms with van der Waals surface area (Å²) in [4.78, 5) is 10.7. The molecular weight excluding hydrogens is 190 g/mol. The first-order valence-corrected chi connectivity index (χ1v) is 5.01. The van der Waals surface area contributed by atoms with E-state index < -0.39 is 11.9 Å². The van der Waals surface area contributed by atoms with Crippen LogP contribution in [0.4, 0.5) is 5.69 Å². The van der Waals surface area contributed by atoms with Crippen molar-refractivity contribution < 1.29 is 4.79 Å². The summed E-state index contributed by atoms with van der Waals surface area (Å²) < 4.78 is 0. The Labute approximate surface area is 89.6 Å². The van der Waals surface area contributed by atoms with Crippen LogP contribution in [0.15, 0.2) is 24.3 Å². The molecule has 0 saturated carbocycles. The SMILES string of the molecule is CCc1ccccc1NCC(N)C(N)=O. The maximum Gasteiger partial charge on any atom is 0.236 e. The van der Waals surface area contributed by atoms with Crippen molar-refractivity contribution in [3.05, 3.63) is 29.8 Å². The molecule has 0 aliphatic rings. The number of para-hydroxylation sites is 1. The fraction of sp³-hybridized carbons (Fsp3) is 0.364. The van der Waals surface area contributed by atoms with Gasteiger partial charge in [-0.3, -0.25) is 4.79 Å². The quantitative estimate of drug-likeness (QED) is 0.656. The molecule has 82 valence electrons. The van der Waals surface area contributed by atoms with Crippen molar-refractivity contribution in [2.24, 2.45) is 11.5 Å². The zero-order valence-corrected chi connectivity index (χ0v) is 8.86. The molecule has 1 aromatic rings. The Morgan fingerprint density at radius 3 is 2.73 bits per heavy atom. The van der Waals surface area contributed by atoms with Crippen molar-refractivity contribution >= 4 is 11.6 Å². The molecule has 0 fully saturated rings. The number of carbonyl (C=O) groups is 1. The minimum absolute atomic E-state index is 0.367. The van der Waals surface area contributed by atoms with E-state index in [2.05, 4.69) is 12.2 Å². The van der Waals surface area contributed by atoms with Crippen LogP contribution in [-0.4, -0.2) is 18.5 Å². The molecule has 4 nitrogen and oxygen atoms in total. The fourth-order valence-corrected chi connectivity index (χ4v) is 1.32. The monoisotopic (exact) mass is 207 g/mol. The third kappa shape index (κ3) is 3.25. The lowest BCUT2D eigenvalue weighted by Gasteiger charge is -2.13. The summed E-state index contributed by atoms with van der Waals surface area (Å²) in [5.74, 6) is -0.489. The van der Waals surface area contributed by atoms with Crippen LogP contribution >= 0.6 is 0 Å². The Kier molecular flexibility index (Phi) is 4.12. The van der Waals surface area contributed by atoms with Crippen LogP contribution in [0, 0.1) is 0 Å². The lowest BCUT2D eigenvalue weighted by atomic mass is 10.1. The number of hydrogen-bond donors (Lipinski definition) is 3. The highest BCUT2D eigenvalue weighted by atomic mass is 16.1. The third-order valence-corrected chi connectivity index (χ3v) is 2.28. The number of amides is 1. The van der Waals surface area contributed by atoms with Crippen molar-refractivity contribution in [1.29, 1.82) is 0 Å². The summed E-state index contributed by atoms with van der Waals surface area (Å²) in [6.07, 6.45) is 0.939. The van der Waals surface area contributed by atoms with Crippen LogP contribution in [-0.2, 0) is 11.2 Å². The molecular formula is C11H17N3O. The van der Waals surface area contributed by atoms with E-state index in [1.54, 1.807) is 0 Å². The standard InChI is InChI=1S/C11H17N3O/c1-2-8-5-3-4-6-10(8)14-7-9(12)11(13)15/h3-6,9,14H,2,7,12H2,1H3,(H2,13,15). The van der Waals surface area contributed by atoms with Gasteiger partial charge in [-0.2, -0.15) is 0 Å². The van der Waals surface area contributed by atoms with E-state index in [9.17, 15) is 4.79 Å². The minimum atomic E-state index is -0.644. The third-order valence-electron chi connectivity index (χ3n) is 2.28. The van der Waals surface area contributed by atoms with Crippen molar-refractivity contribution in [2.75, 3.05) is 11.9 Å². The van der Waals surface area contributed by atoms with Gasteiger partial charge in [-0.15, -0.1) is 0 Å². The average Bonchev–Trinajstić information content (AvgIpc) is 2.26. The predicted octanol–water partition coefficient (Wildman–Crippen LogP) is 0.474. The second-order valence-electron chi connectivity index (χ2n) is 3.40. The number of carbonyl (C=O) groups excluding carboxylic acids is 1. The number of rotatable bonds is 5. The molecule has 1 aromatic carbocycles. The van der Waals surface area contributed by atoms with Gasteiger partial charge in [0.2, 0.25) is 5.91 Å². The van der Waals surface area contributed by atoms with Gasteiger partial charge < -0.3 is 16.8 Å². The minimum Gasteiger partial charge on any atom is -0.383 e. The largest absolute Gasteiger partial charge is 0.383 e. The second kappa shape index (κ2) is 5.36. The molecule has 15 heavy (non-hydrogen) atoms. The molecule has 5 N–H and O–H groups in total. The number of benzene rings is 1. The van der Waals surface area contributed by atoms with E-state index in [0.29, 0.717) is 6.54 Å². The molecule has 0 spiro atoms. The van der Waals surface area contributed by atoms with E-state index >= 15 is 0 Å². The zero-order valence-electron chi connectivity index (χ0n) is 8.86. The molecule has 0 saturated heterocycles. The van der Waals surface area contributed by atoms with Gasteiger partial charge in [-0.1, -0.05) is 25.1 Å². The van der Waals surface area contributed by atoms with Crippen molar-refractivity contribution in [1.82, 2.24) is 0 Å². The van der Waals surface area contributed by atoms with Gasteiger partial charge in [-0.25, -0.2) is 0 Å². The van der Waals surface area contributed by atoms with Crippen LogP contribution in [0.5, 0.6) is 0 Å². The number of anilines is 1. The van der Waals surface area contributed by atoms with E-state index in [0.717, 1.165) is 12.1 Å². The zero-order chi connectivity index (χ0) is 11.3. The van der Waals surface area contributed by atoms with Gasteiger partial charge in [0.1, 0.15) is 6.04 Å². The predicted molar refractivity (Wildman–Crippen MR) is 61.5 cm³/mol. The highest BCUT2D eigenvalue weighted by molar-refractivity contribution is 5.80. The number of hydrogen-bond acceptors (Lipinski definition) is 3. The summed E-state index contributed by atoms with van der Waals surface area (Å²) in [5, 5.41) is 3.12. The van der Waals surface area contributed by atoms with E-state index in [1.165, 1.54) is 5.56 Å². The first-order valence-electron chi connectivity index (χ1n) is 5.01. The molecule has 1 unspecified atom stereocenters. The smallest absolute Gasteiger partial charge is 0.236 e. The van der Waals surface area contributed by atoms with E-state index in [-0.39, 0.29) is 0 Å². The fourth-order valence-electron chi connectivity index (χ4n) is 1.32. The lowest BCUT2D eigenvalue weighted by molar-refractivity contribution is -0.118. The maximum absolute atomic E-state index is 10.7. The molecule has 1 amide bonds. The highest BCUT2D eigenvalue weighted by Crippen LogP contribution is 2.14. The lowest BCUT2D eigenvalue weighted by Crippen LogP contribution is -2.41. The summed E-state index contributed by atoms with van der Waals surface area (Å²) in [6.45, 7) is 2.45. The molecule has 0 aromatic heterocycles. The van der Waals surface area contributed by atoms with Gasteiger partial charge in [-0.05, 0) is 18.1 Å². The van der Waals surface area contributed by atoms with Crippen molar-refractivity contribution in [3.63, 3.8) is 0 Å². The number of primary amides is 1. The van der Waals surface area contributed by atoms with Crippen LogP contribution < -0.4 is 16.8 Å². The van der Waals surface area contributed by atoms with E-state index in [1.807, 2.05) is 24.3 Å². The summed E-state index contributed by atoms with van der Waals surface area (Å²) in [6, 6.07) is 7.29. The van der Waals surface area contributed by atoms with Gasteiger partial charge in [0.25, 0.3) is 0 Å². The second-order valence-corrected chi connectivity index (χ2v) is 3.40. The highest BCUT2D eigenvalue weighted by Gasteiger charge is 2.08. The summed E-state index contributed by atoms with van der Waals surface area (Å²) in [5.41, 5.74) is 12.8. The molecule has 1 rings (SSSR count). The molecule has 0 aliphatic carbocycles. The Hall–Kier alpha value is -1.55. The Bertz CT molecular complexity index is 338. The molecule has 1 atom stereocenters. The van der Waals surface area contributed by atoms with Gasteiger partial charge in [0, 0.05) is 12.2 Å².